The van der Waals surface area contributed by atoms with Crippen molar-refractivity contribution in [1.82, 2.24) is 20.3 Å². The summed E-state index contributed by atoms with van der Waals surface area (Å²) in [6, 6.07) is 20.1. The van der Waals surface area contributed by atoms with Crippen molar-refractivity contribution in [3.63, 3.8) is 0 Å². The van der Waals surface area contributed by atoms with Crippen LogP contribution in [0.3, 0.4) is 0 Å². The van der Waals surface area contributed by atoms with Crippen LogP contribution in [-0.4, -0.2) is 35.0 Å². The fourth-order valence-electron chi connectivity index (χ4n) is 4.56. The summed E-state index contributed by atoms with van der Waals surface area (Å²) >= 11 is 0. The molecular formula is C31H30FN5O3S. The molecular weight excluding hydrogens is 541 g/mol. The number of aromatic amines is 1. The van der Waals surface area contributed by atoms with Crippen LogP contribution in [0.2, 0.25) is 0 Å². The summed E-state index contributed by atoms with van der Waals surface area (Å²) in [5.41, 5.74) is 3.03. The number of aromatic nitrogens is 3. The summed E-state index contributed by atoms with van der Waals surface area (Å²) in [6.07, 6.45) is 3.40. The summed E-state index contributed by atoms with van der Waals surface area (Å²) in [6.45, 7) is 5.43. The first-order valence-corrected chi connectivity index (χ1v) is 14.8. The van der Waals surface area contributed by atoms with E-state index in [2.05, 4.69) is 25.0 Å². The summed E-state index contributed by atoms with van der Waals surface area (Å²) in [4.78, 5) is 25.6. The quantitative estimate of drug-likeness (QED) is 0.191. The zero-order valence-corrected chi connectivity index (χ0v) is 23.7. The molecule has 5 aromatic rings. The molecule has 1 unspecified atom stereocenters. The van der Waals surface area contributed by atoms with E-state index in [4.69, 9.17) is 0 Å². The number of fused-ring (bicyclic) bond motifs is 1. The lowest BCUT2D eigenvalue weighted by atomic mass is 10.0. The Bertz CT molecular complexity index is 1820. The van der Waals surface area contributed by atoms with Gasteiger partial charge in [-0.3, -0.25) is 14.5 Å². The zero-order valence-electron chi connectivity index (χ0n) is 22.9. The van der Waals surface area contributed by atoms with Gasteiger partial charge in [0.15, 0.2) is 5.82 Å². The minimum atomic E-state index is -3.66. The summed E-state index contributed by atoms with van der Waals surface area (Å²) in [5, 5.41) is 4.94. The molecule has 0 radical (unpaired) electrons. The van der Waals surface area contributed by atoms with Crippen LogP contribution in [0.4, 0.5) is 10.1 Å². The van der Waals surface area contributed by atoms with Gasteiger partial charge in [0.1, 0.15) is 11.5 Å². The number of carbonyl (C=O) groups is 1. The molecule has 1 atom stereocenters. The number of rotatable bonds is 9. The van der Waals surface area contributed by atoms with Gasteiger partial charge in [-0.15, -0.1) is 0 Å². The predicted molar refractivity (Wildman–Crippen MR) is 159 cm³/mol. The number of nitrogens with zero attached hydrogens (tertiary/aromatic N) is 2. The van der Waals surface area contributed by atoms with Gasteiger partial charge >= 0.3 is 0 Å². The highest BCUT2D eigenvalue weighted by Crippen LogP contribution is 2.28. The summed E-state index contributed by atoms with van der Waals surface area (Å²) in [7, 11) is -3.66. The Morgan fingerprint density at radius 3 is 2.39 bits per heavy atom. The maximum absolute atomic E-state index is 13.4. The number of hydrogen-bond donors (Lipinski definition) is 3. The van der Waals surface area contributed by atoms with Crippen molar-refractivity contribution in [3.05, 3.63) is 102 Å². The number of H-pyrrole nitrogens is 1. The Kier molecular flexibility index (Phi) is 7.85. The van der Waals surface area contributed by atoms with Crippen LogP contribution in [0.1, 0.15) is 42.7 Å². The molecule has 0 aliphatic heterocycles. The molecule has 3 aromatic carbocycles. The SMILES string of the molecule is CC(C)CS(=O)(=O)Nc1cc(C(=O)NC(C)c2ccc(F)cc2)cc(-c2cnc(-c3cc4ccccc4cn3)[nH]2)c1. The number of imidazole rings is 1. The lowest BCUT2D eigenvalue weighted by Gasteiger charge is -2.16. The van der Waals surface area contributed by atoms with Gasteiger partial charge in [0.25, 0.3) is 5.91 Å². The van der Waals surface area contributed by atoms with Gasteiger partial charge in [-0.25, -0.2) is 17.8 Å². The second-order valence-electron chi connectivity index (χ2n) is 10.4. The van der Waals surface area contributed by atoms with E-state index in [0.717, 1.165) is 16.3 Å². The molecule has 0 spiro atoms. The molecule has 1 amide bonds. The Morgan fingerprint density at radius 1 is 0.927 bits per heavy atom. The van der Waals surface area contributed by atoms with Crippen molar-refractivity contribution in [2.24, 2.45) is 5.92 Å². The third-order valence-corrected chi connectivity index (χ3v) is 8.15. The van der Waals surface area contributed by atoms with Gasteiger partial charge in [-0.1, -0.05) is 50.2 Å². The molecule has 0 aliphatic rings. The van der Waals surface area contributed by atoms with Gasteiger partial charge in [0, 0.05) is 28.4 Å². The molecule has 0 bridgehead atoms. The normalized spacial score (nSPS) is 12.4. The lowest BCUT2D eigenvalue weighted by Crippen LogP contribution is -2.27. The molecule has 210 valence electrons. The second kappa shape index (κ2) is 11.5. The number of amides is 1. The molecule has 8 nitrogen and oxygen atoms in total. The van der Waals surface area contributed by atoms with E-state index in [1.54, 1.807) is 43.6 Å². The molecule has 5 rings (SSSR count). The summed E-state index contributed by atoms with van der Waals surface area (Å²) in [5.74, 6) is -0.394. The number of carbonyl (C=O) groups excluding carboxylic acids is 1. The van der Waals surface area contributed by atoms with E-state index in [1.807, 2.05) is 44.2 Å². The maximum atomic E-state index is 13.4. The first-order chi connectivity index (χ1) is 19.6. The molecule has 2 aromatic heterocycles. The fourth-order valence-corrected chi connectivity index (χ4v) is 6.00. The van der Waals surface area contributed by atoms with Crippen LogP contribution in [-0.2, 0) is 10.0 Å². The van der Waals surface area contributed by atoms with Gasteiger partial charge in [0.2, 0.25) is 10.0 Å². The number of benzene rings is 3. The fraction of sp³-hybridized carbons (Fsp3) is 0.194. The highest BCUT2D eigenvalue weighted by atomic mass is 32.2. The number of anilines is 1. The third-order valence-electron chi connectivity index (χ3n) is 6.50. The largest absolute Gasteiger partial charge is 0.346 e. The first-order valence-electron chi connectivity index (χ1n) is 13.2. The Hall–Kier alpha value is -4.57. The number of pyridine rings is 1. The third kappa shape index (κ3) is 6.78. The van der Waals surface area contributed by atoms with Crippen LogP contribution < -0.4 is 10.0 Å². The number of hydrogen-bond acceptors (Lipinski definition) is 5. The second-order valence-corrected chi connectivity index (χ2v) is 12.2. The van der Waals surface area contributed by atoms with Crippen LogP contribution in [0, 0.1) is 11.7 Å². The van der Waals surface area contributed by atoms with Gasteiger partial charge in [-0.05, 0) is 60.2 Å². The molecule has 0 saturated carbocycles. The average molecular weight is 572 g/mol. The topological polar surface area (TPSA) is 117 Å². The number of halogens is 1. The van der Waals surface area contributed by atoms with Gasteiger partial charge in [-0.2, -0.15) is 0 Å². The molecule has 3 N–H and O–H groups in total. The van der Waals surface area contributed by atoms with E-state index in [1.165, 1.54) is 18.2 Å². The predicted octanol–water partition coefficient (Wildman–Crippen LogP) is 6.32. The minimum absolute atomic E-state index is 0.0673. The van der Waals surface area contributed by atoms with Crippen LogP contribution >= 0.6 is 0 Å². The van der Waals surface area contributed by atoms with Gasteiger partial charge in [0.05, 0.1) is 23.7 Å². The van der Waals surface area contributed by atoms with Crippen molar-refractivity contribution < 1.29 is 17.6 Å². The van der Waals surface area contributed by atoms with Crippen molar-refractivity contribution in [3.8, 4) is 22.8 Å². The lowest BCUT2D eigenvalue weighted by molar-refractivity contribution is 0.0940. The highest BCUT2D eigenvalue weighted by Gasteiger charge is 2.18. The average Bonchev–Trinajstić information content (AvgIpc) is 3.42. The van der Waals surface area contributed by atoms with Gasteiger partial charge < -0.3 is 10.3 Å². The Labute approximate surface area is 238 Å². The standard InChI is InChI=1S/C31H30FN5O3S/c1-19(2)18-41(39,40)37-27-13-24(12-25(14-27)31(38)35-20(3)21-8-10-26(32)11-9-21)29-17-34-30(36-29)28-15-22-6-4-5-7-23(22)16-33-28/h4-17,19-20,37H,18H2,1-3H3,(H,34,36)(H,35,38). The van der Waals surface area contributed by atoms with Crippen molar-refractivity contribution >= 4 is 32.4 Å². The van der Waals surface area contributed by atoms with Crippen LogP contribution in [0.5, 0.6) is 0 Å². The minimum Gasteiger partial charge on any atom is -0.346 e. The van der Waals surface area contributed by atoms with E-state index >= 15 is 0 Å². The van der Waals surface area contributed by atoms with Crippen LogP contribution in [0.15, 0.2) is 85.2 Å². The van der Waals surface area contributed by atoms with E-state index in [0.29, 0.717) is 22.8 Å². The molecule has 10 heteroatoms. The van der Waals surface area contributed by atoms with Crippen LogP contribution in [0.25, 0.3) is 33.5 Å². The Balaban J connectivity index is 1.48. The van der Waals surface area contributed by atoms with Crippen molar-refractivity contribution in [2.45, 2.75) is 26.8 Å². The Morgan fingerprint density at radius 2 is 1.66 bits per heavy atom. The van der Waals surface area contributed by atoms with E-state index < -0.39 is 22.0 Å². The monoisotopic (exact) mass is 571 g/mol. The van der Waals surface area contributed by atoms with Crippen molar-refractivity contribution in [2.75, 3.05) is 10.5 Å². The highest BCUT2D eigenvalue weighted by molar-refractivity contribution is 7.92. The molecule has 0 aliphatic carbocycles. The molecule has 0 fully saturated rings. The van der Waals surface area contributed by atoms with E-state index in [9.17, 15) is 17.6 Å². The first kappa shape index (κ1) is 28.0. The van der Waals surface area contributed by atoms with Crippen molar-refractivity contribution in [1.29, 1.82) is 0 Å². The van der Waals surface area contributed by atoms with E-state index in [-0.39, 0.29) is 28.7 Å². The number of sulfonamides is 1. The smallest absolute Gasteiger partial charge is 0.251 e. The summed E-state index contributed by atoms with van der Waals surface area (Å²) < 4.78 is 41.5. The zero-order chi connectivity index (χ0) is 29.1. The molecule has 41 heavy (non-hydrogen) atoms. The number of nitrogens with one attached hydrogen (secondary N) is 3. The molecule has 0 saturated heterocycles. The molecule has 2 heterocycles. The maximum Gasteiger partial charge on any atom is 0.251 e.